The van der Waals surface area contributed by atoms with Crippen molar-refractivity contribution in [2.45, 2.75) is 51.7 Å². The molecule has 4 amide bonds. The number of nitrogens with one attached hydrogen (secondary N) is 3. The van der Waals surface area contributed by atoms with Crippen LogP contribution in [0.1, 0.15) is 48.2 Å². The highest BCUT2D eigenvalue weighted by Crippen LogP contribution is 2.20. The Morgan fingerprint density at radius 2 is 1.56 bits per heavy atom. The maximum Gasteiger partial charge on any atom is 0.255 e. The van der Waals surface area contributed by atoms with E-state index in [0.717, 1.165) is 11.1 Å². The van der Waals surface area contributed by atoms with Gasteiger partial charge in [0.15, 0.2) is 0 Å². The number of amides is 4. The number of hydrogen-bond donors (Lipinski definition) is 3. The van der Waals surface area contributed by atoms with E-state index in [1.165, 1.54) is 4.90 Å². The molecule has 3 N–H and O–H groups in total. The van der Waals surface area contributed by atoms with Gasteiger partial charge < -0.3 is 25.6 Å². The molecule has 0 fully saturated rings. The van der Waals surface area contributed by atoms with E-state index in [9.17, 15) is 19.2 Å². The molecule has 0 aliphatic carbocycles. The summed E-state index contributed by atoms with van der Waals surface area (Å²) in [6.07, 6.45) is 0.648. The summed E-state index contributed by atoms with van der Waals surface area (Å²) in [5.41, 5.74) is 2.22. The molecule has 9 heteroatoms. The van der Waals surface area contributed by atoms with Crippen molar-refractivity contribution >= 4 is 23.6 Å². The molecule has 0 unspecified atom stereocenters. The Labute approximate surface area is 253 Å². The first-order chi connectivity index (χ1) is 20.8. The number of benzene rings is 3. The summed E-state index contributed by atoms with van der Waals surface area (Å²) in [5.74, 6) is -1.08. The minimum absolute atomic E-state index is 0.0304. The van der Waals surface area contributed by atoms with Crippen LogP contribution in [0.2, 0.25) is 0 Å². The smallest absolute Gasteiger partial charge is 0.255 e. The molecule has 1 aliphatic rings. The van der Waals surface area contributed by atoms with Gasteiger partial charge in [-0.05, 0) is 42.0 Å². The Morgan fingerprint density at radius 1 is 0.907 bits per heavy atom. The van der Waals surface area contributed by atoms with E-state index in [1.807, 2.05) is 74.5 Å². The highest BCUT2D eigenvalue weighted by atomic mass is 16.5. The monoisotopic (exact) mass is 584 g/mol. The molecular formula is C34H40N4O5. The van der Waals surface area contributed by atoms with Gasteiger partial charge in [0, 0.05) is 19.5 Å². The summed E-state index contributed by atoms with van der Waals surface area (Å²) in [5, 5.41) is 8.75. The number of carbonyl (C=O) groups is 4. The molecule has 2 atom stereocenters. The standard InChI is InChI=1S/C34H40N4O5/c1-24(2)29-23-43-30-16-10-9-15-27(30)33(41)37-28(34(42)35-20-19-25-11-5-3-6-12-25)17-18-32(40)38(22-31(39)36-29)21-26-13-7-4-8-14-26/h3-16,24,28-29H,17-23H2,1-2H3,(H,35,42)(H,36,39)(H,37,41)/t28-,29-/m0/s1. The molecule has 9 nitrogen and oxygen atoms in total. The summed E-state index contributed by atoms with van der Waals surface area (Å²) in [7, 11) is 0. The van der Waals surface area contributed by atoms with Gasteiger partial charge in [-0.1, -0.05) is 86.6 Å². The molecule has 4 rings (SSSR count). The average Bonchev–Trinajstić information content (AvgIpc) is 3.01. The van der Waals surface area contributed by atoms with Crippen molar-refractivity contribution in [3.63, 3.8) is 0 Å². The Bertz CT molecular complexity index is 1380. The average molecular weight is 585 g/mol. The lowest BCUT2D eigenvalue weighted by Gasteiger charge is -2.26. The number of fused-ring (bicyclic) bond motifs is 1. The highest BCUT2D eigenvalue weighted by Gasteiger charge is 2.27. The van der Waals surface area contributed by atoms with Crippen LogP contribution in [0.3, 0.4) is 0 Å². The Kier molecular flexibility index (Phi) is 11.3. The normalized spacial score (nSPS) is 18.4. The van der Waals surface area contributed by atoms with Gasteiger partial charge in [-0.2, -0.15) is 0 Å². The van der Waals surface area contributed by atoms with Crippen LogP contribution in [-0.2, 0) is 27.3 Å². The Morgan fingerprint density at radius 3 is 2.26 bits per heavy atom. The zero-order valence-electron chi connectivity index (χ0n) is 24.8. The summed E-state index contributed by atoms with van der Waals surface area (Å²) in [6, 6.07) is 24.7. The number of carbonyl (C=O) groups excluding carboxylic acids is 4. The molecule has 226 valence electrons. The third-order valence-corrected chi connectivity index (χ3v) is 7.43. The minimum atomic E-state index is -0.971. The molecule has 3 aromatic rings. The van der Waals surface area contributed by atoms with E-state index in [1.54, 1.807) is 24.3 Å². The first kappa shape index (κ1) is 31.3. The fraction of sp³-hybridized carbons (Fsp3) is 0.353. The minimum Gasteiger partial charge on any atom is -0.491 e. The molecule has 0 spiro atoms. The van der Waals surface area contributed by atoms with E-state index in [4.69, 9.17) is 4.74 Å². The van der Waals surface area contributed by atoms with Crippen molar-refractivity contribution in [2.24, 2.45) is 5.92 Å². The molecule has 3 aromatic carbocycles. The number of ether oxygens (including phenoxy) is 1. The van der Waals surface area contributed by atoms with Crippen LogP contribution < -0.4 is 20.7 Å². The second-order valence-corrected chi connectivity index (χ2v) is 11.1. The maximum atomic E-state index is 13.5. The van der Waals surface area contributed by atoms with Gasteiger partial charge in [0.1, 0.15) is 18.4 Å². The van der Waals surface area contributed by atoms with E-state index in [-0.39, 0.29) is 67.8 Å². The molecule has 0 saturated heterocycles. The van der Waals surface area contributed by atoms with Crippen molar-refractivity contribution < 1.29 is 23.9 Å². The van der Waals surface area contributed by atoms with Crippen LogP contribution >= 0.6 is 0 Å². The molecule has 1 heterocycles. The van der Waals surface area contributed by atoms with Gasteiger partial charge in [-0.15, -0.1) is 0 Å². The van der Waals surface area contributed by atoms with E-state index >= 15 is 0 Å². The predicted molar refractivity (Wildman–Crippen MR) is 164 cm³/mol. The second-order valence-electron chi connectivity index (χ2n) is 11.1. The largest absolute Gasteiger partial charge is 0.491 e. The van der Waals surface area contributed by atoms with Gasteiger partial charge in [0.2, 0.25) is 17.7 Å². The fourth-order valence-corrected chi connectivity index (χ4v) is 4.85. The number of hydrogen-bond acceptors (Lipinski definition) is 5. The van der Waals surface area contributed by atoms with Gasteiger partial charge in [-0.25, -0.2) is 0 Å². The molecule has 0 radical (unpaired) electrons. The summed E-state index contributed by atoms with van der Waals surface area (Å²) in [6.45, 7) is 4.53. The van der Waals surface area contributed by atoms with E-state index in [2.05, 4.69) is 16.0 Å². The maximum absolute atomic E-state index is 13.5. The molecule has 1 aliphatic heterocycles. The number of nitrogens with zero attached hydrogens (tertiary/aromatic N) is 1. The first-order valence-electron chi connectivity index (χ1n) is 14.8. The van der Waals surface area contributed by atoms with Crippen molar-refractivity contribution in [3.8, 4) is 5.75 Å². The predicted octanol–water partition coefficient (Wildman–Crippen LogP) is 3.49. The van der Waals surface area contributed by atoms with Crippen molar-refractivity contribution in [2.75, 3.05) is 19.7 Å². The second kappa shape index (κ2) is 15.5. The SMILES string of the molecule is CC(C)[C@@H]1COc2ccccc2C(=O)N[C@H](C(=O)NCCc2ccccc2)CCC(=O)N(Cc2ccccc2)CC(=O)N1. The Balaban J connectivity index is 1.58. The van der Waals surface area contributed by atoms with Crippen molar-refractivity contribution in [1.29, 1.82) is 0 Å². The van der Waals surface area contributed by atoms with E-state index in [0.29, 0.717) is 18.7 Å². The van der Waals surface area contributed by atoms with Gasteiger partial charge in [-0.3, -0.25) is 19.2 Å². The van der Waals surface area contributed by atoms with Crippen molar-refractivity contribution in [1.82, 2.24) is 20.9 Å². The van der Waals surface area contributed by atoms with Crippen LogP contribution in [0, 0.1) is 5.92 Å². The molecule has 43 heavy (non-hydrogen) atoms. The molecule has 0 bridgehead atoms. The quantitative estimate of drug-likeness (QED) is 0.393. The van der Waals surface area contributed by atoms with Crippen LogP contribution in [0.15, 0.2) is 84.9 Å². The topological polar surface area (TPSA) is 117 Å². The van der Waals surface area contributed by atoms with Crippen LogP contribution in [0.4, 0.5) is 0 Å². The third-order valence-electron chi connectivity index (χ3n) is 7.43. The lowest BCUT2D eigenvalue weighted by Crippen LogP contribution is -2.48. The number of para-hydroxylation sites is 1. The lowest BCUT2D eigenvalue weighted by molar-refractivity contribution is -0.137. The van der Waals surface area contributed by atoms with Gasteiger partial charge in [0.25, 0.3) is 5.91 Å². The van der Waals surface area contributed by atoms with E-state index < -0.39 is 11.9 Å². The molecule has 0 saturated carbocycles. The van der Waals surface area contributed by atoms with Crippen LogP contribution in [0.5, 0.6) is 5.75 Å². The first-order valence-corrected chi connectivity index (χ1v) is 14.8. The summed E-state index contributed by atoms with van der Waals surface area (Å²) < 4.78 is 6.05. The van der Waals surface area contributed by atoms with Gasteiger partial charge in [0.05, 0.1) is 18.2 Å². The molecular weight excluding hydrogens is 544 g/mol. The lowest BCUT2D eigenvalue weighted by atomic mass is 10.1. The third kappa shape index (κ3) is 9.43. The highest BCUT2D eigenvalue weighted by molar-refractivity contribution is 5.99. The molecule has 0 aromatic heterocycles. The zero-order valence-corrected chi connectivity index (χ0v) is 24.8. The zero-order chi connectivity index (χ0) is 30.6. The van der Waals surface area contributed by atoms with Gasteiger partial charge >= 0.3 is 0 Å². The number of rotatable bonds is 7. The van der Waals surface area contributed by atoms with Crippen LogP contribution in [0.25, 0.3) is 0 Å². The summed E-state index contributed by atoms with van der Waals surface area (Å²) in [4.78, 5) is 55.0. The fourth-order valence-electron chi connectivity index (χ4n) is 4.85. The summed E-state index contributed by atoms with van der Waals surface area (Å²) >= 11 is 0. The van der Waals surface area contributed by atoms with Crippen LogP contribution in [-0.4, -0.2) is 60.3 Å². The Hall–Kier alpha value is -4.66. The van der Waals surface area contributed by atoms with Crippen molar-refractivity contribution in [3.05, 3.63) is 102 Å².